The van der Waals surface area contributed by atoms with Crippen molar-refractivity contribution in [2.75, 3.05) is 13.7 Å². The number of aryl methyl sites for hydroxylation is 1. The van der Waals surface area contributed by atoms with Gasteiger partial charge in [-0.2, -0.15) is 4.98 Å². The van der Waals surface area contributed by atoms with Crippen LogP contribution in [0, 0.1) is 16.0 Å². The maximum Gasteiger partial charge on any atom is 0.344 e. The number of nitrogens with zero attached hydrogens (tertiary/aromatic N) is 3. The van der Waals surface area contributed by atoms with E-state index in [9.17, 15) is 14.9 Å². The third kappa shape index (κ3) is 6.24. The Kier molecular flexibility index (Phi) is 7.09. The number of nitro groups is 1. The van der Waals surface area contributed by atoms with Crippen LogP contribution in [-0.2, 0) is 22.6 Å². The lowest BCUT2D eigenvalue weighted by Gasteiger charge is -2.07. The van der Waals surface area contributed by atoms with Gasteiger partial charge in [-0.15, -0.1) is 0 Å². The molecule has 0 saturated heterocycles. The summed E-state index contributed by atoms with van der Waals surface area (Å²) in [5.74, 6) is 0.936. The van der Waals surface area contributed by atoms with Gasteiger partial charge in [0.25, 0.3) is 5.89 Å². The zero-order chi connectivity index (χ0) is 19.8. The predicted octanol–water partition coefficient (Wildman–Crippen LogP) is 2.70. The molecule has 10 heteroatoms. The van der Waals surface area contributed by atoms with Gasteiger partial charge in [0.05, 0.1) is 12.0 Å². The van der Waals surface area contributed by atoms with E-state index in [2.05, 4.69) is 24.0 Å². The monoisotopic (exact) mass is 379 g/mol. The third-order valence-electron chi connectivity index (χ3n) is 3.52. The summed E-state index contributed by atoms with van der Waals surface area (Å²) in [6.07, 6.45) is 1.63. The van der Waals surface area contributed by atoms with Crippen LogP contribution in [0.1, 0.15) is 32.0 Å². The molecule has 1 aromatic heterocycles. The maximum atomic E-state index is 11.8. The van der Waals surface area contributed by atoms with Gasteiger partial charge in [0.15, 0.2) is 19.0 Å². The van der Waals surface area contributed by atoms with Crippen LogP contribution in [-0.4, -0.2) is 34.7 Å². The van der Waals surface area contributed by atoms with Gasteiger partial charge in [0, 0.05) is 18.6 Å². The summed E-state index contributed by atoms with van der Waals surface area (Å²) < 4.78 is 20.2. The Morgan fingerprint density at radius 2 is 2.15 bits per heavy atom. The van der Waals surface area contributed by atoms with Crippen LogP contribution in [0.25, 0.3) is 0 Å². The molecular weight excluding hydrogens is 358 g/mol. The highest BCUT2D eigenvalue weighted by atomic mass is 16.6. The van der Waals surface area contributed by atoms with Crippen molar-refractivity contribution < 1.29 is 28.5 Å². The summed E-state index contributed by atoms with van der Waals surface area (Å²) in [6, 6.07) is 3.92. The Morgan fingerprint density at radius 3 is 2.81 bits per heavy atom. The van der Waals surface area contributed by atoms with Crippen molar-refractivity contribution in [3.8, 4) is 11.5 Å². The van der Waals surface area contributed by atoms with Gasteiger partial charge in [-0.25, -0.2) is 4.79 Å². The number of methoxy groups -OCH3 is 1. The van der Waals surface area contributed by atoms with Crippen LogP contribution in [0.4, 0.5) is 5.69 Å². The Morgan fingerprint density at radius 1 is 1.37 bits per heavy atom. The molecule has 2 aromatic rings. The predicted molar refractivity (Wildman–Crippen MR) is 92.4 cm³/mol. The Labute approximate surface area is 155 Å². The largest absolute Gasteiger partial charge is 0.490 e. The van der Waals surface area contributed by atoms with Crippen molar-refractivity contribution in [2.24, 2.45) is 5.92 Å². The minimum atomic E-state index is -0.644. The topological polar surface area (TPSA) is 127 Å². The average Bonchev–Trinajstić information content (AvgIpc) is 3.10. The number of carbonyl (C=O) groups is 1. The van der Waals surface area contributed by atoms with E-state index in [1.54, 1.807) is 0 Å². The first-order valence-corrected chi connectivity index (χ1v) is 8.31. The van der Waals surface area contributed by atoms with E-state index in [1.807, 2.05) is 0 Å². The molecule has 0 aliphatic heterocycles. The second-order valence-corrected chi connectivity index (χ2v) is 6.08. The molecule has 10 nitrogen and oxygen atoms in total. The normalized spacial score (nSPS) is 10.7. The molecule has 0 bridgehead atoms. The van der Waals surface area contributed by atoms with Crippen molar-refractivity contribution >= 4 is 11.7 Å². The second kappa shape index (κ2) is 9.51. The molecule has 0 amide bonds. The second-order valence-electron chi connectivity index (χ2n) is 6.08. The first-order valence-electron chi connectivity index (χ1n) is 8.31. The Bertz CT molecular complexity index is 789. The summed E-state index contributed by atoms with van der Waals surface area (Å²) in [5.41, 5.74) is -0.197. The van der Waals surface area contributed by atoms with Crippen LogP contribution in [0.15, 0.2) is 22.7 Å². The number of hydrogen-bond acceptors (Lipinski definition) is 9. The number of carbonyl (C=O) groups excluding carboxylic acids is 1. The summed E-state index contributed by atoms with van der Waals surface area (Å²) >= 11 is 0. The molecule has 0 saturated carbocycles. The first-order chi connectivity index (χ1) is 12.9. The van der Waals surface area contributed by atoms with Gasteiger partial charge >= 0.3 is 11.7 Å². The standard InChI is InChI=1S/C17H21N3O7/c1-11(2)4-7-15-18-16(27-19-15)9-26-17(21)10-25-12-5-6-13(20(22)23)14(8-12)24-3/h5-6,8,11H,4,7,9-10H2,1-3H3. The molecule has 0 N–H and O–H groups in total. The summed E-state index contributed by atoms with van der Waals surface area (Å²) in [5, 5.41) is 14.7. The number of nitro benzene ring substituents is 1. The summed E-state index contributed by atoms with van der Waals surface area (Å²) in [4.78, 5) is 26.2. The molecule has 0 aliphatic rings. The van der Waals surface area contributed by atoms with E-state index in [1.165, 1.54) is 25.3 Å². The number of rotatable bonds is 10. The number of ether oxygens (including phenoxy) is 3. The molecule has 2 rings (SSSR count). The fourth-order valence-electron chi connectivity index (χ4n) is 2.09. The van der Waals surface area contributed by atoms with E-state index >= 15 is 0 Å². The highest BCUT2D eigenvalue weighted by Gasteiger charge is 2.16. The molecular formula is C17H21N3O7. The van der Waals surface area contributed by atoms with E-state index in [4.69, 9.17) is 18.7 Å². The molecule has 0 atom stereocenters. The minimum Gasteiger partial charge on any atom is -0.490 e. The van der Waals surface area contributed by atoms with E-state index < -0.39 is 10.9 Å². The SMILES string of the molecule is COc1cc(OCC(=O)OCc2nc(CCC(C)C)no2)ccc1[N+](=O)[O-]. The minimum absolute atomic E-state index is 0.0330. The first kappa shape index (κ1) is 20.1. The van der Waals surface area contributed by atoms with Gasteiger partial charge in [-0.05, 0) is 18.4 Å². The molecule has 0 aliphatic carbocycles. The fraction of sp³-hybridized carbons (Fsp3) is 0.471. The molecule has 1 heterocycles. The number of hydrogen-bond donors (Lipinski definition) is 0. The van der Waals surface area contributed by atoms with Crippen LogP contribution >= 0.6 is 0 Å². The Hall–Kier alpha value is -3.17. The number of benzene rings is 1. The van der Waals surface area contributed by atoms with Crippen molar-refractivity contribution in [1.29, 1.82) is 0 Å². The smallest absolute Gasteiger partial charge is 0.344 e. The average molecular weight is 379 g/mol. The van der Waals surface area contributed by atoms with E-state index in [0.29, 0.717) is 18.2 Å². The van der Waals surface area contributed by atoms with Crippen molar-refractivity contribution in [3.63, 3.8) is 0 Å². The zero-order valence-corrected chi connectivity index (χ0v) is 15.3. The van der Waals surface area contributed by atoms with Gasteiger partial charge in [-0.3, -0.25) is 10.1 Å². The molecule has 0 fully saturated rings. The maximum absolute atomic E-state index is 11.8. The van der Waals surface area contributed by atoms with Crippen LogP contribution in [0.5, 0.6) is 11.5 Å². The van der Waals surface area contributed by atoms with Crippen LogP contribution in [0.2, 0.25) is 0 Å². The fourth-order valence-corrected chi connectivity index (χ4v) is 2.09. The van der Waals surface area contributed by atoms with Gasteiger partial charge in [0.2, 0.25) is 5.75 Å². The van der Waals surface area contributed by atoms with E-state index in [-0.39, 0.29) is 36.3 Å². The van der Waals surface area contributed by atoms with Crippen molar-refractivity contribution in [1.82, 2.24) is 10.1 Å². The van der Waals surface area contributed by atoms with Crippen molar-refractivity contribution in [3.05, 3.63) is 40.0 Å². The van der Waals surface area contributed by atoms with Crippen LogP contribution < -0.4 is 9.47 Å². The lowest BCUT2D eigenvalue weighted by atomic mass is 10.1. The number of aromatic nitrogens is 2. The third-order valence-corrected chi connectivity index (χ3v) is 3.52. The van der Waals surface area contributed by atoms with Gasteiger partial charge < -0.3 is 18.7 Å². The quantitative estimate of drug-likeness (QED) is 0.348. The zero-order valence-electron chi connectivity index (χ0n) is 15.3. The molecule has 1 aromatic carbocycles. The van der Waals surface area contributed by atoms with E-state index in [0.717, 1.165) is 6.42 Å². The van der Waals surface area contributed by atoms with Crippen LogP contribution in [0.3, 0.4) is 0 Å². The molecule has 27 heavy (non-hydrogen) atoms. The highest BCUT2D eigenvalue weighted by molar-refractivity contribution is 5.71. The highest BCUT2D eigenvalue weighted by Crippen LogP contribution is 2.30. The lowest BCUT2D eigenvalue weighted by molar-refractivity contribution is -0.385. The number of esters is 1. The molecule has 0 unspecified atom stereocenters. The summed E-state index contributed by atoms with van der Waals surface area (Å²) in [6.45, 7) is 3.67. The van der Waals surface area contributed by atoms with Crippen molar-refractivity contribution in [2.45, 2.75) is 33.3 Å². The molecule has 0 radical (unpaired) electrons. The van der Waals surface area contributed by atoms with Gasteiger partial charge in [0.1, 0.15) is 5.75 Å². The van der Waals surface area contributed by atoms with Gasteiger partial charge in [-0.1, -0.05) is 19.0 Å². The molecule has 146 valence electrons. The summed E-state index contributed by atoms with van der Waals surface area (Å²) in [7, 11) is 1.31. The Balaban J connectivity index is 1.80. The lowest BCUT2D eigenvalue weighted by Crippen LogP contribution is -2.15. The molecule has 0 spiro atoms.